The highest BCUT2D eigenvalue weighted by atomic mass is 16.2. The Kier molecular flexibility index (Phi) is 1.84. The fraction of sp³-hybridized carbons (Fsp3) is 0.889. The number of carbonyl (C=O) groups excluding carboxylic acids is 1. The highest BCUT2D eigenvalue weighted by molar-refractivity contribution is 5.80. The van der Waals surface area contributed by atoms with Gasteiger partial charge in [-0.2, -0.15) is 0 Å². The molecule has 62 valence electrons. The molecule has 1 saturated heterocycles. The van der Waals surface area contributed by atoms with E-state index in [-0.39, 0.29) is 0 Å². The quantitative estimate of drug-likeness (QED) is 0.604. The molecule has 2 heteroatoms. The van der Waals surface area contributed by atoms with Crippen LogP contribution in [0.4, 0.5) is 0 Å². The van der Waals surface area contributed by atoms with Crippen LogP contribution >= 0.6 is 0 Å². The zero-order valence-electron chi connectivity index (χ0n) is 6.81. The Morgan fingerprint density at radius 2 is 1.91 bits per heavy atom. The third-order valence-electron chi connectivity index (χ3n) is 3.06. The summed E-state index contributed by atoms with van der Waals surface area (Å²) >= 11 is 0. The average Bonchev–Trinajstić information content (AvgIpc) is 2.55. The van der Waals surface area contributed by atoms with Crippen LogP contribution < -0.4 is 5.32 Å². The number of nitrogens with one attached hydrogen (secondary N) is 1. The number of hydrogen-bond donors (Lipinski definition) is 1. The highest BCUT2D eigenvalue weighted by Gasteiger charge is 2.33. The first-order valence-electron chi connectivity index (χ1n) is 4.65. The summed E-state index contributed by atoms with van der Waals surface area (Å²) in [5.74, 6) is 1.41. The third kappa shape index (κ3) is 1.26. The van der Waals surface area contributed by atoms with Gasteiger partial charge in [-0.3, -0.25) is 4.79 Å². The summed E-state index contributed by atoms with van der Waals surface area (Å²) in [6.45, 7) is 0.917. The second-order valence-corrected chi connectivity index (χ2v) is 3.73. The van der Waals surface area contributed by atoms with E-state index in [0.717, 1.165) is 18.9 Å². The van der Waals surface area contributed by atoms with Gasteiger partial charge in [0, 0.05) is 12.5 Å². The summed E-state index contributed by atoms with van der Waals surface area (Å²) < 4.78 is 0. The number of amides is 1. The molecule has 1 amide bonds. The largest absolute Gasteiger partial charge is 0.356 e. The predicted molar refractivity (Wildman–Crippen MR) is 43.1 cm³/mol. The molecular formula is C9H15NO. The SMILES string of the molecule is O=C1NCCC1C1CCCC1. The van der Waals surface area contributed by atoms with Gasteiger partial charge < -0.3 is 5.32 Å². The molecule has 11 heavy (non-hydrogen) atoms. The lowest BCUT2D eigenvalue weighted by Gasteiger charge is -2.13. The molecule has 0 aromatic heterocycles. The molecule has 0 radical (unpaired) electrons. The first kappa shape index (κ1) is 7.14. The van der Waals surface area contributed by atoms with Crippen molar-refractivity contribution in [2.75, 3.05) is 6.54 Å². The Balaban J connectivity index is 1.97. The van der Waals surface area contributed by atoms with Crippen molar-refractivity contribution in [1.82, 2.24) is 5.32 Å². The van der Waals surface area contributed by atoms with Gasteiger partial charge in [0.1, 0.15) is 0 Å². The van der Waals surface area contributed by atoms with Crippen molar-refractivity contribution >= 4 is 5.91 Å². The van der Waals surface area contributed by atoms with E-state index < -0.39 is 0 Å². The molecule has 2 fully saturated rings. The minimum absolute atomic E-state index is 0.317. The number of hydrogen-bond acceptors (Lipinski definition) is 1. The molecule has 1 saturated carbocycles. The van der Waals surface area contributed by atoms with Crippen LogP contribution in [0.1, 0.15) is 32.1 Å². The highest BCUT2D eigenvalue weighted by Crippen LogP contribution is 2.34. The maximum absolute atomic E-state index is 11.3. The molecule has 1 aliphatic carbocycles. The second-order valence-electron chi connectivity index (χ2n) is 3.73. The van der Waals surface area contributed by atoms with Gasteiger partial charge in [-0.05, 0) is 25.2 Å². The van der Waals surface area contributed by atoms with Crippen LogP contribution in [0.15, 0.2) is 0 Å². The molecule has 0 spiro atoms. The van der Waals surface area contributed by atoms with Crippen molar-refractivity contribution in [2.24, 2.45) is 11.8 Å². The molecule has 1 N–H and O–H groups in total. The molecule has 0 bridgehead atoms. The van der Waals surface area contributed by atoms with Crippen LogP contribution in [0.2, 0.25) is 0 Å². The normalized spacial score (nSPS) is 32.7. The zero-order chi connectivity index (χ0) is 7.68. The second kappa shape index (κ2) is 2.84. The minimum Gasteiger partial charge on any atom is -0.356 e. The molecule has 2 rings (SSSR count). The summed E-state index contributed by atoms with van der Waals surface area (Å²) in [7, 11) is 0. The lowest BCUT2D eigenvalue weighted by molar-refractivity contribution is -0.123. The molecule has 0 aromatic rings. The zero-order valence-corrected chi connectivity index (χ0v) is 6.81. The van der Waals surface area contributed by atoms with Gasteiger partial charge in [-0.15, -0.1) is 0 Å². The Morgan fingerprint density at radius 1 is 1.18 bits per heavy atom. The van der Waals surface area contributed by atoms with E-state index in [2.05, 4.69) is 5.32 Å². The van der Waals surface area contributed by atoms with Crippen molar-refractivity contribution in [3.05, 3.63) is 0 Å². The van der Waals surface area contributed by atoms with Gasteiger partial charge in [0.25, 0.3) is 0 Å². The lowest BCUT2D eigenvalue weighted by atomic mass is 9.90. The monoisotopic (exact) mass is 153 g/mol. The smallest absolute Gasteiger partial charge is 0.223 e. The summed E-state index contributed by atoms with van der Waals surface area (Å²) in [6, 6.07) is 0. The summed E-state index contributed by atoms with van der Waals surface area (Å²) in [5.41, 5.74) is 0. The van der Waals surface area contributed by atoms with Crippen LogP contribution in [0.25, 0.3) is 0 Å². The molecule has 0 aromatic carbocycles. The van der Waals surface area contributed by atoms with Crippen LogP contribution in [-0.4, -0.2) is 12.5 Å². The summed E-state index contributed by atoms with van der Waals surface area (Å²) in [6.07, 6.45) is 6.35. The summed E-state index contributed by atoms with van der Waals surface area (Å²) in [5, 5.41) is 2.91. The Hall–Kier alpha value is -0.530. The van der Waals surface area contributed by atoms with Crippen LogP contribution in [-0.2, 0) is 4.79 Å². The van der Waals surface area contributed by atoms with Crippen molar-refractivity contribution in [1.29, 1.82) is 0 Å². The standard InChI is InChI=1S/C9H15NO/c11-9-8(5-6-10-9)7-3-1-2-4-7/h7-8H,1-6H2,(H,10,11). The van der Waals surface area contributed by atoms with Gasteiger partial charge in [0.05, 0.1) is 0 Å². The first-order chi connectivity index (χ1) is 5.38. The fourth-order valence-corrected chi connectivity index (χ4v) is 2.42. The van der Waals surface area contributed by atoms with Crippen molar-refractivity contribution in [2.45, 2.75) is 32.1 Å². The van der Waals surface area contributed by atoms with E-state index in [0.29, 0.717) is 11.8 Å². The van der Waals surface area contributed by atoms with Crippen molar-refractivity contribution < 1.29 is 4.79 Å². The third-order valence-corrected chi connectivity index (χ3v) is 3.06. The predicted octanol–water partition coefficient (Wildman–Crippen LogP) is 1.31. The lowest BCUT2D eigenvalue weighted by Crippen LogP contribution is -2.23. The molecule has 1 aliphatic heterocycles. The van der Waals surface area contributed by atoms with E-state index in [1.54, 1.807) is 0 Å². The topological polar surface area (TPSA) is 29.1 Å². The first-order valence-corrected chi connectivity index (χ1v) is 4.65. The van der Waals surface area contributed by atoms with Gasteiger partial charge in [-0.1, -0.05) is 12.8 Å². The maximum atomic E-state index is 11.3. The van der Waals surface area contributed by atoms with Gasteiger partial charge >= 0.3 is 0 Å². The molecular weight excluding hydrogens is 138 g/mol. The molecule has 1 heterocycles. The van der Waals surface area contributed by atoms with Crippen LogP contribution in [0.5, 0.6) is 0 Å². The van der Waals surface area contributed by atoms with Crippen LogP contribution in [0.3, 0.4) is 0 Å². The molecule has 2 aliphatic rings. The minimum atomic E-state index is 0.317. The van der Waals surface area contributed by atoms with E-state index in [1.165, 1.54) is 25.7 Å². The Labute approximate surface area is 67.4 Å². The van der Waals surface area contributed by atoms with E-state index >= 15 is 0 Å². The summed E-state index contributed by atoms with van der Waals surface area (Å²) in [4.78, 5) is 11.3. The number of carbonyl (C=O) groups is 1. The fourth-order valence-electron chi connectivity index (χ4n) is 2.42. The maximum Gasteiger partial charge on any atom is 0.223 e. The Morgan fingerprint density at radius 3 is 2.45 bits per heavy atom. The van der Waals surface area contributed by atoms with E-state index in [1.807, 2.05) is 0 Å². The molecule has 2 nitrogen and oxygen atoms in total. The molecule has 1 unspecified atom stereocenters. The van der Waals surface area contributed by atoms with E-state index in [4.69, 9.17) is 0 Å². The van der Waals surface area contributed by atoms with E-state index in [9.17, 15) is 4.79 Å². The van der Waals surface area contributed by atoms with Gasteiger partial charge in [-0.25, -0.2) is 0 Å². The van der Waals surface area contributed by atoms with Gasteiger partial charge in [0.2, 0.25) is 5.91 Å². The van der Waals surface area contributed by atoms with Gasteiger partial charge in [0.15, 0.2) is 0 Å². The van der Waals surface area contributed by atoms with Crippen molar-refractivity contribution in [3.8, 4) is 0 Å². The number of rotatable bonds is 1. The van der Waals surface area contributed by atoms with Crippen LogP contribution in [0, 0.1) is 11.8 Å². The van der Waals surface area contributed by atoms with Crippen molar-refractivity contribution in [3.63, 3.8) is 0 Å². The molecule has 1 atom stereocenters. The average molecular weight is 153 g/mol. The Bertz CT molecular complexity index is 161.